The molecule has 0 saturated carbocycles. The predicted octanol–water partition coefficient (Wildman–Crippen LogP) is 11.5. The first-order chi connectivity index (χ1) is 20.7. The van der Waals surface area contributed by atoms with Gasteiger partial charge in [0.05, 0.1) is 0 Å². The molecule has 0 bridgehead atoms. The number of hydrogen-bond donors (Lipinski definition) is 3. The number of hydrogen-bond acceptors (Lipinski definition) is 5. The molecule has 0 spiro atoms. The molecule has 2 atom stereocenters. The Hall–Kier alpha value is -2.72. The van der Waals surface area contributed by atoms with E-state index in [0.29, 0.717) is 11.3 Å². The van der Waals surface area contributed by atoms with Gasteiger partial charge in [-0.3, -0.25) is 0 Å². The summed E-state index contributed by atoms with van der Waals surface area (Å²) < 4.78 is 17.1. The van der Waals surface area contributed by atoms with Crippen molar-refractivity contribution in [1.29, 1.82) is 0 Å². The second-order valence-electron chi connectivity index (χ2n) is 15.5. The van der Waals surface area contributed by atoms with Crippen molar-refractivity contribution >= 4 is 29.1 Å². The van der Waals surface area contributed by atoms with Crippen molar-refractivity contribution in [2.45, 2.75) is 131 Å². The highest BCUT2D eigenvalue weighted by molar-refractivity contribution is 7.37. The summed E-state index contributed by atoms with van der Waals surface area (Å²) >= 11 is 0. The normalized spacial score (nSPS) is 14.0. The van der Waals surface area contributed by atoms with Gasteiger partial charge in [0.1, 0.15) is 5.75 Å². The van der Waals surface area contributed by atoms with Gasteiger partial charge in [-0.2, -0.15) is 0 Å². The summed E-state index contributed by atoms with van der Waals surface area (Å²) in [5, 5.41) is 31.6. The van der Waals surface area contributed by atoms with E-state index in [2.05, 4.69) is 81.4 Å². The Morgan fingerprint density at radius 2 is 1.22 bits per heavy atom. The second kappa shape index (κ2) is 15.2. The zero-order chi connectivity index (χ0) is 34.4. The standard InChI is InChI=1S/C18H30O.C12H8O2P.C9H20O2/c1-16(2,3)12-10-13(17(4,5)6)15(19)14(11-12)18(7,8)9;13-15-12-8-4-2-6-10(12)9-5-1-3-7-11(9)14-15;1-4-6-7-9(3,5-2)8(10)11/h10-11,19H,1-9H3;1-8H;8,10-11H,4-7H2,1-3H3/q;+1;. The Balaban J connectivity index is 0.000000244. The van der Waals surface area contributed by atoms with Gasteiger partial charge in [0.25, 0.3) is 0 Å². The number of para-hydroxylation sites is 1. The third-order valence-corrected chi connectivity index (χ3v) is 9.73. The maximum absolute atomic E-state index is 11.8. The highest BCUT2D eigenvalue weighted by Crippen LogP contribution is 2.42. The van der Waals surface area contributed by atoms with Crippen LogP contribution in [0.3, 0.4) is 0 Å². The summed E-state index contributed by atoms with van der Waals surface area (Å²) in [5.74, 6) is 0.466. The van der Waals surface area contributed by atoms with Crippen molar-refractivity contribution in [3.63, 3.8) is 0 Å². The number of aromatic hydroxyl groups is 1. The van der Waals surface area contributed by atoms with Crippen molar-refractivity contribution in [1.82, 2.24) is 0 Å². The van der Waals surface area contributed by atoms with Crippen LogP contribution in [0.4, 0.5) is 0 Å². The predicted molar refractivity (Wildman–Crippen MR) is 192 cm³/mol. The van der Waals surface area contributed by atoms with Gasteiger partial charge in [-0.05, 0) is 68.5 Å². The van der Waals surface area contributed by atoms with Crippen molar-refractivity contribution in [2.75, 3.05) is 0 Å². The average Bonchev–Trinajstić information content (AvgIpc) is 2.95. The average molecular weight is 638 g/mol. The number of benzene rings is 3. The summed E-state index contributed by atoms with van der Waals surface area (Å²) in [5.41, 5.74) is 3.78. The molecule has 0 aliphatic rings. The molecule has 45 heavy (non-hydrogen) atoms. The molecular weight excluding hydrogens is 579 g/mol. The fourth-order valence-corrected chi connectivity index (χ4v) is 6.08. The zero-order valence-electron chi connectivity index (χ0n) is 29.8. The van der Waals surface area contributed by atoms with E-state index in [9.17, 15) is 9.67 Å². The first kappa shape index (κ1) is 38.5. The summed E-state index contributed by atoms with van der Waals surface area (Å²) in [6, 6.07) is 19.7. The van der Waals surface area contributed by atoms with Crippen LogP contribution in [0.25, 0.3) is 21.5 Å². The van der Waals surface area contributed by atoms with E-state index in [0.717, 1.165) is 52.7 Å². The van der Waals surface area contributed by atoms with Crippen LogP contribution in [-0.4, -0.2) is 21.6 Å². The van der Waals surface area contributed by atoms with Crippen LogP contribution in [0, 0.1) is 5.41 Å². The molecule has 0 radical (unpaired) electrons. The minimum absolute atomic E-state index is 0.0503. The highest BCUT2D eigenvalue weighted by Gasteiger charge is 2.29. The first-order valence-electron chi connectivity index (χ1n) is 16.3. The molecule has 4 aromatic rings. The fraction of sp³-hybridized carbons (Fsp3) is 0.538. The minimum atomic E-state index is -1.74. The van der Waals surface area contributed by atoms with Gasteiger partial charge in [0, 0.05) is 16.2 Å². The Morgan fingerprint density at radius 3 is 1.67 bits per heavy atom. The smallest absolute Gasteiger partial charge is 0.507 e. The zero-order valence-corrected chi connectivity index (χ0v) is 30.7. The van der Waals surface area contributed by atoms with E-state index in [1.54, 1.807) is 0 Å². The van der Waals surface area contributed by atoms with Gasteiger partial charge in [0.15, 0.2) is 11.9 Å². The lowest BCUT2D eigenvalue weighted by atomic mass is 9.75. The van der Waals surface area contributed by atoms with Crippen molar-refractivity contribution in [2.24, 2.45) is 5.41 Å². The largest absolute Gasteiger partial charge is 0.597 e. The molecule has 0 aliphatic carbocycles. The van der Waals surface area contributed by atoms with Crippen LogP contribution in [0.2, 0.25) is 0 Å². The van der Waals surface area contributed by atoms with Gasteiger partial charge in [-0.15, -0.1) is 0 Å². The van der Waals surface area contributed by atoms with Gasteiger partial charge in [0.2, 0.25) is 5.12 Å². The van der Waals surface area contributed by atoms with E-state index < -0.39 is 13.9 Å². The number of unbranched alkanes of at least 4 members (excludes halogenated alkanes) is 1. The summed E-state index contributed by atoms with van der Waals surface area (Å²) in [6.07, 6.45) is 2.74. The SMILES string of the molecule is CC(C)(C)c1cc(C(C)(C)C)c(O)c(C(C)(C)C)c1.CCCCC(C)(CC)C(O)O.O=[p+]1oc2ccccc2c2ccccc21. The first-order valence-corrected chi connectivity index (χ1v) is 17.4. The summed E-state index contributed by atoms with van der Waals surface area (Å²) in [7, 11) is -1.74. The Kier molecular flexibility index (Phi) is 13.0. The van der Waals surface area contributed by atoms with E-state index in [1.165, 1.54) is 5.56 Å². The molecular formula is C39H58O5P+. The lowest BCUT2D eigenvalue weighted by molar-refractivity contribution is -0.133. The van der Waals surface area contributed by atoms with Gasteiger partial charge >= 0.3 is 7.65 Å². The van der Waals surface area contributed by atoms with Gasteiger partial charge < -0.3 is 15.3 Å². The maximum atomic E-state index is 11.8. The van der Waals surface area contributed by atoms with Crippen molar-refractivity contribution < 1.29 is 24.1 Å². The molecule has 3 aromatic carbocycles. The number of aliphatic hydroxyl groups excluding tert-OH is 1. The maximum Gasteiger partial charge on any atom is 0.597 e. The molecule has 1 heterocycles. The molecule has 6 heteroatoms. The number of phenolic OH excluding ortho intramolecular Hbond substituents is 1. The number of fused-ring (bicyclic) bond motifs is 3. The molecule has 248 valence electrons. The third-order valence-electron chi connectivity index (χ3n) is 8.58. The molecule has 4 rings (SSSR count). The number of phenols is 1. The summed E-state index contributed by atoms with van der Waals surface area (Å²) in [6.45, 7) is 25.6. The molecule has 0 aliphatic heterocycles. The molecule has 5 nitrogen and oxygen atoms in total. The summed E-state index contributed by atoms with van der Waals surface area (Å²) in [4.78, 5) is 0. The van der Waals surface area contributed by atoms with E-state index in [4.69, 9.17) is 14.4 Å². The van der Waals surface area contributed by atoms with Crippen LogP contribution in [0.5, 0.6) is 5.75 Å². The monoisotopic (exact) mass is 637 g/mol. The van der Waals surface area contributed by atoms with E-state index >= 15 is 0 Å². The van der Waals surface area contributed by atoms with Crippen LogP contribution < -0.4 is 0 Å². The van der Waals surface area contributed by atoms with Crippen LogP contribution in [-0.2, 0) is 20.8 Å². The Labute approximate surface area is 272 Å². The second-order valence-corrected chi connectivity index (χ2v) is 16.7. The number of rotatable bonds is 5. The van der Waals surface area contributed by atoms with Crippen LogP contribution >= 0.6 is 7.65 Å². The van der Waals surface area contributed by atoms with E-state index in [1.807, 2.05) is 62.4 Å². The van der Waals surface area contributed by atoms with Crippen LogP contribution in [0.15, 0.2) is 64.9 Å². The molecule has 2 unspecified atom stereocenters. The van der Waals surface area contributed by atoms with Crippen LogP contribution in [0.1, 0.15) is 125 Å². The Bertz CT molecular complexity index is 1560. The topological polar surface area (TPSA) is 90.9 Å². The molecule has 3 N–H and O–H groups in total. The molecule has 0 fully saturated rings. The lowest BCUT2D eigenvalue weighted by Gasteiger charge is -2.31. The van der Waals surface area contributed by atoms with Gasteiger partial charge in [-0.25, -0.2) is 4.20 Å². The van der Waals surface area contributed by atoms with Crippen molar-refractivity contribution in [3.8, 4) is 5.75 Å². The molecule has 0 saturated heterocycles. The minimum Gasteiger partial charge on any atom is -0.507 e. The van der Waals surface area contributed by atoms with Gasteiger partial charge in [-0.1, -0.05) is 138 Å². The Morgan fingerprint density at radius 1 is 0.733 bits per heavy atom. The van der Waals surface area contributed by atoms with E-state index in [-0.39, 0.29) is 21.7 Å². The quantitative estimate of drug-likeness (QED) is 0.150. The van der Waals surface area contributed by atoms with Crippen molar-refractivity contribution in [3.05, 3.63) is 77.4 Å². The lowest BCUT2D eigenvalue weighted by Crippen LogP contribution is -2.31. The number of aliphatic hydroxyl groups is 2. The fourth-order valence-electron chi connectivity index (χ4n) is 5.05. The highest BCUT2D eigenvalue weighted by atomic mass is 31.1. The molecule has 1 aromatic heterocycles. The molecule has 0 amide bonds. The third kappa shape index (κ3) is 10.1.